The van der Waals surface area contributed by atoms with Crippen LogP contribution in [0, 0.1) is 5.92 Å². The quantitative estimate of drug-likeness (QED) is 0.524. The standard InChI is InChI=1S/C20H26N2O5/c1-2-27-20(26)14(10-11-21-18(23)8-5-9-19(24)25)12-15-13-22-17-7-4-3-6-16(15)17/h3-4,6-7,13-14,22H,2,5,8-12H2,1H3,(H,21,23)(H,24,25). The summed E-state index contributed by atoms with van der Waals surface area (Å²) in [5, 5.41) is 12.4. The molecule has 1 amide bonds. The molecule has 146 valence electrons. The number of nitrogens with one attached hydrogen (secondary N) is 2. The molecule has 1 aromatic heterocycles. The molecule has 1 aromatic carbocycles. The average Bonchev–Trinajstić information content (AvgIpc) is 3.04. The van der Waals surface area contributed by atoms with E-state index in [0.717, 1.165) is 16.5 Å². The number of aliphatic carboxylic acids is 1. The monoisotopic (exact) mass is 374 g/mol. The topological polar surface area (TPSA) is 108 Å². The van der Waals surface area contributed by atoms with E-state index >= 15 is 0 Å². The number of carboxylic acids is 1. The molecule has 1 heterocycles. The van der Waals surface area contributed by atoms with Crippen molar-refractivity contribution in [2.24, 2.45) is 5.92 Å². The van der Waals surface area contributed by atoms with Crippen molar-refractivity contribution in [2.45, 2.75) is 39.0 Å². The molecule has 0 aliphatic carbocycles. The van der Waals surface area contributed by atoms with Crippen molar-refractivity contribution in [3.8, 4) is 0 Å². The third-order valence-corrected chi connectivity index (χ3v) is 4.37. The summed E-state index contributed by atoms with van der Waals surface area (Å²) < 4.78 is 5.19. The number of fused-ring (bicyclic) bond motifs is 1. The molecule has 1 unspecified atom stereocenters. The Kier molecular flexibility index (Phi) is 7.85. The summed E-state index contributed by atoms with van der Waals surface area (Å²) in [7, 11) is 0. The van der Waals surface area contributed by atoms with Crippen molar-refractivity contribution in [2.75, 3.05) is 13.2 Å². The maximum Gasteiger partial charge on any atom is 0.309 e. The van der Waals surface area contributed by atoms with Crippen molar-refractivity contribution >= 4 is 28.7 Å². The number of ether oxygens (including phenoxy) is 1. The predicted octanol–water partition coefficient (Wildman–Crippen LogP) is 2.65. The van der Waals surface area contributed by atoms with Crippen LogP contribution in [-0.4, -0.2) is 41.1 Å². The second-order valence-electron chi connectivity index (χ2n) is 6.40. The number of rotatable bonds is 11. The summed E-state index contributed by atoms with van der Waals surface area (Å²) >= 11 is 0. The number of esters is 1. The minimum absolute atomic E-state index is 0.0283. The van der Waals surface area contributed by atoms with Crippen molar-refractivity contribution in [1.82, 2.24) is 10.3 Å². The highest BCUT2D eigenvalue weighted by atomic mass is 16.5. The minimum Gasteiger partial charge on any atom is -0.481 e. The highest BCUT2D eigenvalue weighted by Gasteiger charge is 2.22. The molecule has 0 fully saturated rings. The number of hydrogen-bond donors (Lipinski definition) is 3. The Morgan fingerprint density at radius 3 is 2.74 bits per heavy atom. The molecule has 0 bridgehead atoms. The first-order valence-corrected chi connectivity index (χ1v) is 9.21. The van der Waals surface area contributed by atoms with Gasteiger partial charge in [-0.3, -0.25) is 14.4 Å². The van der Waals surface area contributed by atoms with Crippen LogP contribution in [0.1, 0.15) is 38.2 Å². The van der Waals surface area contributed by atoms with Crippen molar-refractivity contribution in [3.05, 3.63) is 36.0 Å². The van der Waals surface area contributed by atoms with Crippen molar-refractivity contribution in [3.63, 3.8) is 0 Å². The van der Waals surface area contributed by atoms with Gasteiger partial charge in [0.2, 0.25) is 5.91 Å². The van der Waals surface area contributed by atoms with E-state index in [9.17, 15) is 14.4 Å². The van der Waals surface area contributed by atoms with Gasteiger partial charge in [0.05, 0.1) is 12.5 Å². The molecule has 7 nitrogen and oxygen atoms in total. The summed E-state index contributed by atoms with van der Waals surface area (Å²) in [5.74, 6) is -1.75. The third-order valence-electron chi connectivity index (χ3n) is 4.37. The first kappa shape index (κ1) is 20.5. The van der Waals surface area contributed by atoms with Crippen molar-refractivity contribution < 1.29 is 24.2 Å². The molecule has 7 heteroatoms. The van der Waals surface area contributed by atoms with Crippen LogP contribution in [0.25, 0.3) is 10.9 Å². The zero-order valence-corrected chi connectivity index (χ0v) is 15.5. The first-order valence-electron chi connectivity index (χ1n) is 9.21. The van der Waals surface area contributed by atoms with Gasteiger partial charge < -0.3 is 20.1 Å². The van der Waals surface area contributed by atoms with Crippen LogP contribution in [0.3, 0.4) is 0 Å². The minimum atomic E-state index is -0.913. The van der Waals surface area contributed by atoms with Gasteiger partial charge in [-0.2, -0.15) is 0 Å². The van der Waals surface area contributed by atoms with Gasteiger partial charge in [0.1, 0.15) is 0 Å². The molecule has 0 spiro atoms. The van der Waals surface area contributed by atoms with E-state index in [-0.39, 0.29) is 30.6 Å². The predicted molar refractivity (Wildman–Crippen MR) is 101 cm³/mol. The average molecular weight is 374 g/mol. The lowest BCUT2D eigenvalue weighted by Gasteiger charge is -2.16. The molecule has 0 aliphatic heterocycles. The molecular formula is C20H26N2O5. The Balaban J connectivity index is 1.91. The number of carbonyl (C=O) groups excluding carboxylic acids is 2. The molecule has 0 saturated carbocycles. The molecule has 0 aliphatic rings. The molecule has 2 rings (SSSR count). The summed E-state index contributed by atoms with van der Waals surface area (Å²) in [4.78, 5) is 37.8. The van der Waals surface area contributed by atoms with Crippen LogP contribution < -0.4 is 5.32 Å². The van der Waals surface area contributed by atoms with E-state index in [1.165, 1.54) is 0 Å². The maximum atomic E-state index is 12.3. The SMILES string of the molecule is CCOC(=O)C(CCNC(=O)CCCC(=O)O)Cc1c[nH]c2ccccc12. The largest absolute Gasteiger partial charge is 0.481 e. The van der Waals surface area contributed by atoms with Gasteiger partial charge in [-0.15, -0.1) is 0 Å². The van der Waals surface area contributed by atoms with Crippen molar-refractivity contribution in [1.29, 1.82) is 0 Å². The van der Waals surface area contributed by atoms with E-state index in [1.54, 1.807) is 6.92 Å². The summed E-state index contributed by atoms with van der Waals surface area (Å²) in [6, 6.07) is 7.89. The van der Waals surface area contributed by atoms with Gasteiger partial charge in [-0.1, -0.05) is 18.2 Å². The van der Waals surface area contributed by atoms with E-state index < -0.39 is 5.97 Å². The lowest BCUT2D eigenvalue weighted by Crippen LogP contribution is -2.29. The van der Waals surface area contributed by atoms with Crippen LogP contribution in [-0.2, 0) is 25.5 Å². The number of hydrogen-bond acceptors (Lipinski definition) is 4. The number of amides is 1. The zero-order chi connectivity index (χ0) is 19.6. The van der Waals surface area contributed by atoms with Gasteiger partial charge in [0.25, 0.3) is 0 Å². The van der Waals surface area contributed by atoms with Crippen LogP contribution >= 0.6 is 0 Å². The van der Waals surface area contributed by atoms with Gasteiger partial charge in [0, 0.05) is 36.5 Å². The molecule has 2 aromatic rings. The van der Waals surface area contributed by atoms with Gasteiger partial charge in [0.15, 0.2) is 0 Å². The molecule has 27 heavy (non-hydrogen) atoms. The van der Waals surface area contributed by atoms with Crippen LogP contribution in [0.15, 0.2) is 30.5 Å². The van der Waals surface area contributed by atoms with Crippen LogP contribution in [0.2, 0.25) is 0 Å². The Morgan fingerprint density at radius 1 is 1.22 bits per heavy atom. The van der Waals surface area contributed by atoms with Crippen LogP contribution in [0.5, 0.6) is 0 Å². The number of aromatic nitrogens is 1. The summed E-state index contributed by atoms with van der Waals surface area (Å²) in [6.45, 7) is 2.42. The van der Waals surface area contributed by atoms with E-state index in [2.05, 4.69) is 10.3 Å². The number of benzene rings is 1. The normalized spacial score (nSPS) is 11.9. The zero-order valence-electron chi connectivity index (χ0n) is 15.5. The van der Waals surface area contributed by atoms with E-state index in [1.807, 2.05) is 30.5 Å². The number of H-pyrrole nitrogens is 1. The van der Waals surface area contributed by atoms with E-state index in [0.29, 0.717) is 32.4 Å². The second kappa shape index (κ2) is 10.4. The number of carbonyl (C=O) groups is 3. The third kappa shape index (κ3) is 6.44. The van der Waals surface area contributed by atoms with E-state index in [4.69, 9.17) is 9.84 Å². The van der Waals surface area contributed by atoms with Gasteiger partial charge >= 0.3 is 11.9 Å². The fourth-order valence-electron chi connectivity index (χ4n) is 3.00. The second-order valence-corrected chi connectivity index (χ2v) is 6.40. The molecular weight excluding hydrogens is 348 g/mol. The highest BCUT2D eigenvalue weighted by Crippen LogP contribution is 2.22. The van der Waals surface area contributed by atoms with Crippen LogP contribution in [0.4, 0.5) is 0 Å². The fourth-order valence-corrected chi connectivity index (χ4v) is 3.00. The Morgan fingerprint density at radius 2 is 2.00 bits per heavy atom. The number of aromatic amines is 1. The fraction of sp³-hybridized carbons (Fsp3) is 0.450. The van der Waals surface area contributed by atoms with Gasteiger partial charge in [-0.05, 0) is 37.8 Å². The Hall–Kier alpha value is -2.83. The Bertz CT molecular complexity index is 784. The molecule has 0 saturated heterocycles. The smallest absolute Gasteiger partial charge is 0.309 e. The maximum absolute atomic E-state index is 12.3. The molecule has 0 radical (unpaired) electrons. The number of para-hydroxylation sites is 1. The number of carboxylic acid groups (broad SMARTS) is 1. The molecule has 3 N–H and O–H groups in total. The first-order chi connectivity index (χ1) is 13.0. The molecule has 1 atom stereocenters. The van der Waals surface area contributed by atoms with Gasteiger partial charge in [-0.25, -0.2) is 0 Å². The highest BCUT2D eigenvalue weighted by molar-refractivity contribution is 5.84. The Labute approximate surface area is 158 Å². The lowest BCUT2D eigenvalue weighted by molar-refractivity contribution is -0.148. The summed E-state index contributed by atoms with van der Waals surface area (Å²) in [6.07, 6.45) is 3.33. The summed E-state index contributed by atoms with van der Waals surface area (Å²) in [5.41, 5.74) is 2.05. The lowest BCUT2D eigenvalue weighted by atomic mass is 9.96.